The van der Waals surface area contributed by atoms with Crippen molar-refractivity contribution >= 4 is 11.9 Å². The largest absolute Gasteiger partial charge is 0.478 e. The topological polar surface area (TPSA) is 66.8 Å². The number of nitrogens with zero attached hydrogens (tertiary/aromatic N) is 1. The fraction of sp³-hybridized carbons (Fsp3) is 0.467. The minimum absolute atomic E-state index is 0.0155. The number of carbonyl (C=O) groups is 2. The predicted molar refractivity (Wildman–Crippen MR) is 73.4 cm³/mol. The molecule has 1 aromatic rings. The van der Waals surface area contributed by atoms with Gasteiger partial charge in [-0.3, -0.25) is 4.79 Å². The molecule has 20 heavy (non-hydrogen) atoms. The van der Waals surface area contributed by atoms with E-state index in [0.29, 0.717) is 13.2 Å². The fourth-order valence-corrected chi connectivity index (χ4v) is 2.22. The van der Waals surface area contributed by atoms with Crippen LogP contribution in [0, 0.1) is 5.92 Å². The maximum atomic E-state index is 12.1. The molecule has 0 bridgehead atoms. The van der Waals surface area contributed by atoms with E-state index in [4.69, 9.17) is 9.84 Å². The number of amides is 1. The molecule has 2 rings (SSSR count). The van der Waals surface area contributed by atoms with Gasteiger partial charge in [0.15, 0.2) is 0 Å². The Morgan fingerprint density at radius 3 is 2.55 bits per heavy atom. The minimum atomic E-state index is -0.946. The summed E-state index contributed by atoms with van der Waals surface area (Å²) in [6.45, 7) is 3.04. The number of benzene rings is 1. The highest BCUT2D eigenvalue weighted by Gasteiger charge is 2.45. The number of carboxylic acid groups (broad SMARTS) is 1. The predicted octanol–water partition coefficient (Wildman–Crippen LogP) is 1.77. The molecule has 1 saturated carbocycles. The second-order valence-electron chi connectivity index (χ2n) is 5.03. The summed E-state index contributed by atoms with van der Waals surface area (Å²) in [7, 11) is 1.76. The Balaban J connectivity index is 1.89. The van der Waals surface area contributed by atoms with Crippen LogP contribution in [0.3, 0.4) is 0 Å². The third-order valence-electron chi connectivity index (χ3n) is 3.43. The van der Waals surface area contributed by atoms with Gasteiger partial charge in [-0.15, -0.1) is 0 Å². The van der Waals surface area contributed by atoms with E-state index in [0.717, 1.165) is 12.0 Å². The lowest BCUT2D eigenvalue weighted by atomic mass is 10.1. The van der Waals surface area contributed by atoms with Crippen molar-refractivity contribution in [3.8, 4) is 0 Å². The molecule has 0 saturated heterocycles. The summed E-state index contributed by atoms with van der Waals surface area (Å²) >= 11 is 0. The van der Waals surface area contributed by atoms with Crippen LogP contribution in [0.15, 0.2) is 24.3 Å². The van der Waals surface area contributed by atoms with Crippen LogP contribution in [0.2, 0.25) is 0 Å². The van der Waals surface area contributed by atoms with E-state index >= 15 is 0 Å². The minimum Gasteiger partial charge on any atom is -0.478 e. The second-order valence-corrected chi connectivity index (χ2v) is 5.03. The van der Waals surface area contributed by atoms with E-state index in [1.165, 1.54) is 0 Å². The summed E-state index contributed by atoms with van der Waals surface area (Å²) in [6.07, 6.45) is 0.874. The normalized spacial score (nSPS) is 20.5. The van der Waals surface area contributed by atoms with Crippen molar-refractivity contribution in [2.24, 2.45) is 5.92 Å². The first kappa shape index (κ1) is 14.5. The summed E-state index contributed by atoms with van der Waals surface area (Å²) in [5, 5.41) is 8.83. The summed E-state index contributed by atoms with van der Waals surface area (Å²) in [4.78, 5) is 24.5. The molecule has 5 nitrogen and oxygen atoms in total. The summed E-state index contributed by atoms with van der Waals surface area (Å²) in [6, 6.07) is 6.58. The van der Waals surface area contributed by atoms with Crippen molar-refractivity contribution < 1.29 is 19.4 Å². The first-order valence-electron chi connectivity index (χ1n) is 6.71. The van der Waals surface area contributed by atoms with Gasteiger partial charge in [0.05, 0.1) is 17.6 Å². The number of rotatable bonds is 6. The third-order valence-corrected chi connectivity index (χ3v) is 3.43. The van der Waals surface area contributed by atoms with Gasteiger partial charge < -0.3 is 14.7 Å². The van der Waals surface area contributed by atoms with Gasteiger partial charge in [-0.1, -0.05) is 12.1 Å². The zero-order valence-electron chi connectivity index (χ0n) is 11.7. The van der Waals surface area contributed by atoms with Gasteiger partial charge in [-0.2, -0.15) is 0 Å². The first-order valence-corrected chi connectivity index (χ1v) is 6.71. The van der Waals surface area contributed by atoms with E-state index in [1.54, 1.807) is 36.2 Å². The molecule has 1 aliphatic rings. The fourth-order valence-electron chi connectivity index (χ4n) is 2.22. The van der Waals surface area contributed by atoms with Crippen LogP contribution in [0.4, 0.5) is 0 Å². The number of hydrogen-bond donors (Lipinski definition) is 1. The molecule has 0 radical (unpaired) electrons. The number of aromatic carboxylic acids is 1. The van der Waals surface area contributed by atoms with Gasteiger partial charge >= 0.3 is 5.97 Å². The highest BCUT2D eigenvalue weighted by atomic mass is 16.5. The Kier molecular flexibility index (Phi) is 4.39. The second kappa shape index (κ2) is 6.05. The van der Waals surface area contributed by atoms with E-state index in [2.05, 4.69) is 0 Å². The molecule has 5 heteroatoms. The SMILES string of the molecule is CCO[C@@H]1C[C@@H]1C(=O)N(C)Cc1ccc(C(=O)O)cc1. The van der Waals surface area contributed by atoms with Crippen LogP contribution in [0.25, 0.3) is 0 Å². The lowest BCUT2D eigenvalue weighted by Crippen LogP contribution is -2.28. The highest BCUT2D eigenvalue weighted by molar-refractivity contribution is 5.87. The highest BCUT2D eigenvalue weighted by Crippen LogP contribution is 2.35. The number of ether oxygens (including phenoxy) is 1. The van der Waals surface area contributed by atoms with Gasteiger partial charge in [0.1, 0.15) is 0 Å². The Morgan fingerprint density at radius 1 is 1.35 bits per heavy atom. The Hall–Kier alpha value is -1.88. The van der Waals surface area contributed by atoms with Crippen molar-refractivity contribution in [1.29, 1.82) is 0 Å². The number of carbonyl (C=O) groups excluding carboxylic acids is 1. The van der Waals surface area contributed by atoms with Gasteiger partial charge in [0, 0.05) is 20.2 Å². The van der Waals surface area contributed by atoms with Gasteiger partial charge in [0.2, 0.25) is 5.91 Å². The quantitative estimate of drug-likeness (QED) is 0.860. The van der Waals surface area contributed by atoms with Crippen molar-refractivity contribution in [3.63, 3.8) is 0 Å². The molecule has 1 fully saturated rings. The maximum Gasteiger partial charge on any atom is 0.335 e. The molecular formula is C15H19NO4. The lowest BCUT2D eigenvalue weighted by Gasteiger charge is -2.17. The van der Waals surface area contributed by atoms with Crippen LogP contribution < -0.4 is 0 Å². The molecule has 1 aliphatic carbocycles. The zero-order chi connectivity index (χ0) is 14.7. The average Bonchev–Trinajstić information content (AvgIpc) is 3.18. The van der Waals surface area contributed by atoms with Crippen LogP contribution in [-0.2, 0) is 16.1 Å². The smallest absolute Gasteiger partial charge is 0.335 e. The van der Waals surface area contributed by atoms with Crippen LogP contribution in [0.5, 0.6) is 0 Å². The average molecular weight is 277 g/mol. The zero-order valence-corrected chi connectivity index (χ0v) is 11.7. The van der Waals surface area contributed by atoms with Gasteiger partial charge in [-0.05, 0) is 31.0 Å². The van der Waals surface area contributed by atoms with Crippen LogP contribution >= 0.6 is 0 Å². The van der Waals surface area contributed by atoms with Gasteiger partial charge in [-0.25, -0.2) is 4.79 Å². The molecule has 0 aromatic heterocycles. The van der Waals surface area contributed by atoms with E-state index in [1.807, 2.05) is 6.92 Å². The lowest BCUT2D eigenvalue weighted by molar-refractivity contribution is -0.132. The standard InChI is InChI=1S/C15H19NO4/c1-3-20-13-8-12(13)14(17)16(2)9-10-4-6-11(7-5-10)15(18)19/h4-7,12-13H,3,8-9H2,1-2H3,(H,18,19)/t12-,13+/m0/s1. The Bertz CT molecular complexity index is 497. The maximum absolute atomic E-state index is 12.1. The van der Waals surface area contributed by atoms with Crippen molar-refractivity contribution in [2.45, 2.75) is 26.0 Å². The van der Waals surface area contributed by atoms with Crippen molar-refractivity contribution in [1.82, 2.24) is 4.90 Å². The summed E-state index contributed by atoms with van der Waals surface area (Å²) in [5.41, 5.74) is 1.17. The van der Waals surface area contributed by atoms with Crippen molar-refractivity contribution in [3.05, 3.63) is 35.4 Å². The van der Waals surface area contributed by atoms with E-state index < -0.39 is 5.97 Å². The molecule has 0 heterocycles. The molecule has 0 unspecified atom stereocenters. The molecule has 108 valence electrons. The van der Waals surface area contributed by atoms with E-state index in [-0.39, 0.29) is 23.5 Å². The molecular weight excluding hydrogens is 258 g/mol. The van der Waals surface area contributed by atoms with Crippen molar-refractivity contribution in [2.75, 3.05) is 13.7 Å². The molecule has 1 aromatic carbocycles. The molecule has 0 aliphatic heterocycles. The summed E-state index contributed by atoms with van der Waals surface area (Å²) < 4.78 is 5.42. The molecule has 2 atom stereocenters. The van der Waals surface area contributed by atoms with Crippen LogP contribution in [-0.4, -0.2) is 41.6 Å². The first-order chi connectivity index (χ1) is 9.52. The Labute approximate surface area is 118 Å². The molecule has 1 amide bonds. The Morgan fingerprint density at radius 2 is 2.00 bits per heavy atom. The molecule has 1 N–H and O–H groups in total. The monoisotopic (exact) mass is 277 g/mol. The molecule has 0 spiro atoms. The number of hydrogen-bond acceptors (Lipinski definition) is 3. The van der Waals surface area contributed by atoms with E-state index in [9.17, 15) is 9.59 Å². The van der Waals surface area contributed by atoms with Gasteiger partial charge in [0.25, 0.3) is 0 Å². The number of carboxylic acids is 1. The third kappa shape index (κ3) is 3.36. The van der Waals surface area contributed by atoms with Crippen LogP contribution in [0.1, 0.15) is 29.3 Å². The summed E-state index contributed by atoms with van der Waals surface area (Å²) in [5.74, 6) is -0.873.